The predicted octanol–water partition coefficient (Wildman–Crippen LogP) is 4.07. The Morgan fingerprint density at radius 1 is 1.08 bits per heavy atom. The largest absolute Gasteiger partial charge is 0.508 e. The van der Waals surface area contributed by atoms with Crippen LogP contribution in [0.1, 0.15) is 37.3 Å². The Kier molecular flexibility index (Phi) is 8.16. The quantitative estimate of drug-likeness (QED) is 0.532. The number of benzene rings is 2. The van der Waals surface area contributed by atoms with E-state index in [0.29, 0.717) is 12.8 Å². The molecule has 4 heteroatoms. The zero-order chi connectivity index (χ0) is 18.8. The SMILES string of the molecule is CCCNCCCC(=O)C(Cc1ccc(O)cc1)Nc1ccccc1C. The first-order valence-corrected chi connectivity index (χ1v) is 9.43. The Labute approximate surface area is 156 Å². The van der Waals surface area contributed by atoms with Crippen molar-refractivity contribution in [2.45, 2.75) is 45.6 Å². The topological polar surface area (TPSA) is 61.4 Å². The monoisotopic (exact) mass is 354 g/mol. The number of hydrogen-bond acceptors (Lipinski definition) is 4. The van der Waals surface area contributed by atoms with Crippen molar-refractivity contribution in [3.8, 4) is 5.75 Å². The molecule has 4 nitrogen and oxygen atoms in total. The summed E-state index contributed by atoms with van der Waals surface area (Å²) in [6.07, 6.45) is 3.11. The lowest BCUT2D eigenvalue weighted by molar-refractivity contribution is -0.119. The van der Waals surface area contributed by atoms with E-state index < -0.39 is 0 Å². The van der Waals surface area contributed by atoms with Crippen LogP contribution in [0, 0.1) is 6.92 Å². The average Bonchev–Trinajstić information content (AvgIpc) is 2.64. The van der Waals surface area contributed by atoms with Crippen molar-refractivity contribution >= 4 is 11.5 Å². The summed E-state index contributed by atoms with van der Waals surface area (Å²) in [5, 5.41) is 16.2. The van der Waals surface area contributed by atoms with Gasteiger partial charge in [-0.15, -0.1) is 0 Å². The number of nitrogens with one attached hydrogen (secondary N) is 2. The molecule has 0 fully saturated rings. The van der Waals surface area contributed by atoms with Crippen LogP contribution in [-0.2, 0) is 11.2 Å². The van der Waals surface area contributed by atoms with E-state index in [9.17, 15) is 9.90 Å². The van der Waals surface area contributed by atoms with E-state index in [1.54, 1.807) is 12.1 Å². The van der Waals surface area contributed by atoms with Crippen molar-refractivity contribution in [3.63, 3.8) is 0 Å². The molecule has 2 aromatic rings. The van der Waals surface area contributed by atoms with Gasteiger partial charge in [0.2, 0.25) is 0 Å². The number of carbonyl (C=O) groups excluding carboxylic acids is 1. The first kappa shape index (κ1) is 20.0. The molecule has 140 valence electrons. The summed E-state index contributed by atoms with van der Waals surface area (Å²) in [5.74, 6) is 0.463. The fourth-order valence-corrected chi connectivity index (χ4v) is 2.90. The van der Waals surface area contributed by atoms with E-state index in [4.69, 9.17) is 0 Å². The van der Waals surface area contributed by atoms with Crippen molar-refractivity contribution in [2.75, 3.05) is 18.4 Å². The third kappa shape index (κ3) is 6.52. The van der Waals surface area contributed by atoms with Crippen LogP contribution in [0.4, 0.5) is 5.69 Å². The number of para-hydroxylation sites is 1. The zero-order valence-electron chi connectivity index (χ0n) is 15.8. The molecule has 0 radical (unpaired) electrons. The van der Waals surface area contributed by atoms with E-state index in [1.807, 2.05) is 43.3 Å². The summed E-state index contributed by atoms with van der Waals surface area (Å²) in [5.41, 5.74) is 3.15. The number of Topliss-reactive ketones (excluding diaryl/α,β-unsaturated/α-hetero) is 1. The van der Waals surface area contributed by atoms with Crippen molar-refractivity contribution in [2.24, 2.45) is 0 Å². The first-order valence-electron chi connectivity index (χ1n) is 9.43. The molecule has 0 aromatic heterocycles. The van der Waals surface area contributed by atoms with Crippen molar-refractivity contribution in [3.05, 3.63) is 59.7 Å². The fourth-order valence-electron chi connectivity index (χ4n) is 2.90. The fraction of sp³-hybridized carbons (Fsp3) is 0.409. The molecule has 2 aromatic carbocycles. The highest BCUT2D eigenvalue weighted by molar-refractivity contribution is 5.87. The Hall–Kier alpha value is -2.33. The van der Waals surface area contributed by atoms with Gasteiger partial charge in [-0.2, -0.15) is 0 Å². The van der Waals surface area contributed by atoms with Gasteiger partial charge in [-0.05, 0) is 68.6 Å². The van der Waals surface area contributed by atoms with E-state index in [2.05, 4.69) is 17.6 Å². The lowest BCUT2D eigenvalue weighted by Gasteiger charge is -2.20. The first-order chi connectivity index (χ1) is 12.6. The van der Waals surface area contributed by atoms with Gasteiger partial charge in [-0.25, -0.2) is 0 Å². The molecule has 0 bridgehead atoms. The molecular formula is C22H30N2O2. The lowest BCUT2D eigenvalue weighted by atomic mass is 9.98. The summed E-state index contributed by atoms with van der Waals surface area (Å²) in [4.78, 5) is 12.8. The summed E-state index contributed by atoms with van der Waals surface area (Å²) in [6.45, 7) is 6.04. The van der Waals surface area contributed by atoms with Gasteiger partial charge in [-0.3, -0.25) is 4.79 Å². The highest BCUT2D eigenvalue weighted by atomic mass is 16.3. The molecule has 0 amide bonds. The molecule has 26 heavy (non-hydrogen) atoms. The standard InChI is InChI=1S/C22H30N2O2/c1-3-14-23-15-6-9-22(26)21(16-18-10-12-19(25)13-11-18)24-20-8-5-4-7-17(20)2/h4-5,7-8,10-13,21,23-25H,3,6,9,14-16H2,1-2H3. The van der Waals surface area contributed by atoms with Crippen molar-refractivity contribution in [1.29, 1.82) is 0 Å². The van der Waals surface area contributed by atoms with Crippen LogP contribution in [-0.4, -0.2) is 30.0 Å². The number of ketones is 1. The van der Waals surface area contributed by atoms with E-state index in [-0.39, 0.29) is 17.6 Å². The third-order valence-corrected chi connectivity index (χ3v) is 4.44. The van der Waals surface area contributed by atoms with Gasteiger partial charge in [0.1, 0.15) is 5.75 Å². The predicted molar refractivity (Wildman–Crippen MR) is 108 cm³/mol. The van der Waals surface area contributed by atoms with Gasteiger partial charge in [0.15, 0.2) is 5.78 Å². The molecule has 0 aliphatic rings. The van der Waals surface area contributed by atoms with Crippen LogP contribution in [0.25, 0.3) is 0 Å². The van der Waals surface area contributed by atoms with E-state index in [0.717, 1.165) is 42.7 Å². The maximum Gasteiger partial charge on any atom is 0.155 e. The van der Waals surface area contributed by atoms with Gasteiger partial charge >= 0.3 is 0 Å². The molecule has 0 saturated carbocycles. The van der Waals surface area contributed by atoms with Crippen LogP contribution in [0.3, 0.4) is 0 Å². The minimum Gasteiger partial charge on any atom is -0.508 e. The maximum atomic E-state index is 12.8. The van der Waals surface area contributed by atoms with E-state index in [1.165, 1.54) is 0 Å². The molecule has 1 unspecified atom stereocenters. The van der Waals surface area contributed by atoms with Gasteiger partial charge < -0.3 is 15.7 Å². The molecule has 0 saturated heterocycles. The molecule has 2 rings (SSSR count). The number of rotatable bonds is 11. The normalized spacial score (nSPS) is 11.9. The second-order valence-corrected chi connectivity index (χ2v) is 6.70. The highest BCUT2D eigenvalue weighted by Crippen LogP contribution is 2.18. The molecule has 0 aliphatic heterocycles. The van der Waals surface area contributed by atoms with Gasteiger partial charge in [0.25, 0.3) is 0 Å². The Bertz CT molecular complexity index is 683. The van der Waals surface area contributed by atoms with E-state index >= 15 is 0 Å². The van der Waals surface area contributed by atoms with Crippen LogP contribution in [0.2, 0.25) is 0 Å². The highest BCUT2D eigenvalue weighted by Gasteiger charge is 2.19. The molecule has 0 aliphatic carbocycles. The Morgan fingerprint density at radius 2 is 1.81 bits per heavy atom. The maximum absolute atomic E-state index is 12.8. The number of phenolic OH excluding ortho intramolecular Hbond substituents is 1. The van der Waals surface area contributed by atoms with Crippen LogP contribution >= 0.6 is 0 Å². The number of aromatic hydroxyl groups is 1. The summed E-state index contributed by atoms with van der Waals surface area (Å²) in [7, 11) is 0. The summed E-state index contributed by atoms with van der Waals surface area (Å²) in [6, 6.07) is 14.8. The number of aryl methyl sites for hydroxylation is 1. The Balaban J connectivity index is 2.03. The van der Waals surface area contributed by atoms with Crippen molar-refractivity contribution < 1.29 is 9.90 Å². The average molecular weight is 354 g/mol. The number of carbonyl (C=O) groups is 1. The second kappa shape index (κ2) is 10.6. The van der Waals surface area contributed by atoms with Crippen LogP contribution < -0.4 is 10.6 Å². The molecule has 3 N–H and O–H groups in total. The zero-order valence-corrected chi connectivity index (χ0v) is 15.8. The third-order valence-electron chi connectivity index (χ3n) is 4.44. The number of anilines is 1. The number of hydrogen-bond donors (Lipinski definition) is 3. The van der Waals surface area contributed by atoms with Gasteiger partial charge in [-0.1, -0.05) is 37.3 Å². The molecular weight excluding hydrogens is 324 g/mol. The smallest absolute Gasteiger partial charge is 0.155 e. The second-order valence-electron chi connectivity index (χ2n) is 6.70. The lowest BCUT2D eigenvalue weighted by Crippen LogP contribution is -2.32. The number of phenols is 1. The van der Waals surface area contributed by atoms with Crippen LogP contribution in [0.5, 0.6) is 5.75 Å². The molecule has 0 spiro atoms. The molecule has 1 atom stereocenters. The minimum absolute atomic E-state index is 0.222. The van der Waals surface area contributed by atoms with Crippen LogP contribution in [0.15, 0.2) is 48.5 Å². The minimum atomic E-state index is -0.271. The summed E-state index contributed by atoms with van der Waals surface area (Å²) >= 11 is 0. The molecule has 0 heterocycles. The Morgan fingerprint density at radius 3 is 2.50 bits per heavy atom. The summed E-state index contributed by atoms with van der Waals surface area (Å²) < 4.78 is 0. The van der Waals surface area contributed by atoms with Gasteiger partial charge in [0, 0.05) is 12.1 Å². The van der Waals surface area contributed by atoms with Gasteiger partial charge in [0.05, 0.1) is 6.04 Å². The van der Waals surface area contributed by atoms with Crippen molar-refractivity contribution in [1.82, 2.24) is 5.32 Å².